The largest absolute Gasteiger partial charge is 0.480 e. The maximum atomic E-state index is 12.8. The molecule has 3 unspecified atom stereocenters. The molecular formula is C19H23N3O3. The molecule has 132 valence electrons. The average Bonchev–Trinajstić information content (AvgIpc) is 3.20. The van der Waals surface area contributed by atoms with Gasteiger partial charge in [-0.05, 0) is 37.3 Å². The molecule has 1 aromatic heterocycles. The number of H-pyrrole nitrogens is 1. The van der Waals surface area contributed by atoms with Gasteiger partial charge in [0.1, 0.15) is 11.9 Å². The molecule has 2 aromatic rings. The molecule has 2 aliphatic rings. The number of rotatable bonds is 4. The fraction of sp³-hybridized carbons (Fsp3) is 0.526. The first-order chi connectivity index (χ1) is 12.1. The van der Waals surface area contributed by atoms with Crippen molar-refractivity contribution in [1.82, 2.24) is 14.9 Å². The van der Waals surface area contributed by atoms with Gasteiger partial charge in [-0.1, -0.05) is 25.0 Å². The number of aryl methyl sites for hydroxylation is 1. The minimum atomic E-state index is -0.869. The van der Waals surface area contributed by atoms with Gasteiger partial charge in [-0.2, -0.15) is 0 Å². The van der Waals surface area contributed by atoms with Crippen molar-refractivity contribution in [1.29, 1.82) is 0 Å². The van der Waals surface area contributed by atoms with Crippen LogP contribution in [0.3, 0.4) is 0 Å². The van der Waals surface area contributed by atoms with Gasteiger partial charge < -0.3 is 15.0 Å². The van der Waals surface area contributed by atoms with Crippen molar-refractivity contribution < 1.29 is 14.7 Å². The summed E-state index contributed by atoms with van der Waals surface area (Å²) >= 11 is 0. The van der Waals surface area contributed by atoms with E-state index in [0.29, 0.717) is 25.2 Å². The summed E-state index contributed by atoms with van der Waals surface area (Å²) in [4.78, 5) is 33.9. The van der Waals surface area contributed by atoms with Crippen molar-refractivity contribution in [3.05, 3.63) is 30.1 Å². The number of nitrogens with zero attached hydrogens (tertiary/aromatic N) is 2. The van der Waals surface area contributed by atoms with Crippen LogP contribution in [0.5, 0.6) is 0 Å². The monoisotopic (exact) mass is 341 g/mol. The summed E-state index contributed by atoms with van der Waals surface area (Å²) in [7, 11) is 0. The average molecular weight is 341 g/mol. The third-order valence-corrected chi connectivity index (χ3v) is 5.68. The van der Waals surface area contributed by atoms with E-state index in [1.54, 1.807) is 4.90 Å². The lowest BCUT2D eigenvalue weighted by Crippen LogP contribution is -2.46. The van der Waals surface area contributed by atoms with Crippen molar-refractivity contribution in [2.75, 3.05) is 0 Å². The Hall–Kier alpha value is -2.37. The zero-order chi connectivity index (χ0) is 17.4. The fourth-order valence-electron chi connectivity index (χ4n) is 4.52. The number of hydrogen-bond donors (Lipinski definition) is 2. The van der Waals surface area contributed by atoms with E-state index in [4.69, 9.17) is 0 Å². The number of carbonyl (C=O) groups is 2. The quantitative estimate of drug-likeness (QED) is 0.895. The van der Waals surface area contributed by atoms with E-state index in [2.05, 4.69) is 9.97 Å². The predicted octanol–water partition coefficient (Wildman–Crippen LogP) is 2.74. The van der Waals surface area contributed by atoms with Gasteiger partial charge in [-0.3, -0.25) is 4.79 Å². The molecule has 3 atom stereocenters. The molecule has 1 aliphatic heterocycles. The Morgan fingerprint density at radius 2 is 2.04 bits per heavy atom. The molecule has 4 rings (SSSR count). The second-order valence-corrected chi connectivity index (χ2v) is 7.20. The Labute approximate surface area is 146 Å². The Morgan fingerprint density at radius 1 is 1.24 bits per heavy atom. The van der Waals surface area contributed by atoms with Crippen LogP contribution in [0, 0.1) is 5.92 Å². The van der Waals surface area contributed by atoms with Crippen LogP contribution >= 0.6 is 0 Å². The molecule has 0 spiro atoms. The summed E-state index contributed by atoms with van der Waals surface area (Å²) in [5.74, 6) is 0.208. The molecule has 1 amide bonds. The number of aromatic amines is 1. The molecule has 1 aliphatic carbocycles. The number of carboxylic acids is 1. The van der Waals surface area contributed by atoms with Crippen molar-refractivity contribution in [3.63, 3.8) is 0 Å². The highest BCUT2D eigenvalue weighted by atomic mass is 16.4. The molecular weight excluding hydrogens is 318 g/mol. The zero-order valence-corrected chi connectivity index (χ0v) is 14.1. The number of benzene rings is 1. The van der Waals surface area contributed by atoms with Crippen LogP contribution in [0.25, 0.3) is 11.0 Å². The highest BCUT2D eigenvalue weighted by Gasteiger charge is 2.47. The lowest BCUT2D eigenvalue weighted by atomic mass is 9.84. The Balaban J connectivity index is 1.47. The predicted molar refractivity (Wildman–Crippen MR) is 93.0 cm³/mol. The van der Waals surface area contributed by atoms with Crippen LogP contribution in [-0.2, 0) is 16.0 Å². The van der Waals surface area contributed by atoms with E-state index < -0.39 is 12.0 Å². The normalized spacial score (nSPS) is 25.9. The molecule has 2 N–H and O–H groups in total. The molecule has 25 heavy (non-hydrogen) atoms. The lowest BCUT2D eigenvalue weighted by Gasteiger charge is -2.33. The number of imidazole rings is 1. The molecule has 1 aromatic carbocycles. The Morgan fingerprint density at radius 3 is 2.84 bits per heavy atom. The number of fused-ring (bicyclic) bond motifs is 2. The van der Waals surface area contributed by atoms with Crippen molar-refractivity contribution in [2.24, 2.45) is 5.92 Å². The number of hydrogen-bond acceptors (Lipinski definition) is 3. The second kappa shape index (κ2) is 6.50. The third-order valence-electron chi connectivity index (χ3n) is 5.68. The minimum absolute atomic E-state index is 0.0535. The summed E-state index contributed by atoms with van der Waals surface area (Å²) in [6.07, 6.45) is 5.62. The number of nitrogens with one attached hydrogen (secondary N) is 1. The maximum absolute atomic E-state index is 12.8. The lowest BCUT2D eigenvalue weighted by molar-refractivity contribution is -0.149. The molecule has 1 saturated heterocycles. The second-order valence-electron chi connectivity index (χ2n) is 7.20. The Bertz CT molecular complexity index is 767. The number of carboxylic acid groups (broad SMARTS) is 1. The molecule has 6 heteroatoms. The summed E-state index contributed by atoms with van der Waals surface area (Å²) in [6, 6.07) is 7.23. The van der Waals surface area contributed by atoms with Gasteiger partial charge >= 0.3 is 5.97 Å². The highest BCUT2D eigenvalue weighted by molar-refractivity contribution is 5.85. The van der Waals surface area contributed by atoms with Crippen LogP contribution in [0.2, 0.25) is 0 Å². The van der Waals surface area contributed by atoms with Crippen LogP contribution in [0.4, 0.5) is 0 Å². The smallest absolute Gasteiger partial charge is 0.326 e. The zero-order valence-electron chi connectivity index (χ0n) is 14.1. The van der Waals surface area contributed by atoms with Gasteiger partial charge in [0, 0.05) is 18.9 Å². The third kappa shape index (κ3) is 3.01. The summed E-state index contributed by atoms with van der Waals surface area (Å²) < 4.78 is 0. The SMILES string of the molecule is O=C(O)C1CC2CCCCC2N1C(=O)CCc1nc2ccccc2[nH]1. The number of aromatic nitrogens is 2. The van der Waals surface area contributed by atoms with E-state index >= 15 is 0 Å². The summed E-state index contributed by atoms with van der Waals surface area (Å²) in [5.41, 5.74) is 1.85. The molecule has 2 fully saturated rings. The van der Waals surface area contributed by atoms with E-state index in [1.165, 1.54) is 0 Å². The standard InChI is InChI=1S/C19H23N3O3/c23-18(10-9-17-20-13-6-2-3-7-14(13)21-17)22-15-8-4-1-5-12(15)11-16(22)19(24)25/h2-3,6-7,12,15-16H,1,4-5,8-11H2,(H,20,21)(H,24,25). The number of para-hydroxylation sites is 2. The van der Waals surface area contributed by atoms with Gasteiger partial charge in [0.25, 0.3) is 0 Å². The Kier molecular flexibility index (Phi) is 4.19. The van der Waals surface area contributed by atoms with Crippen LogP contribution in [0.1, 0.15) is 44.3 Å². The molecule has 0 bridgehead atoms. The van der Waals surface area contributed by atoms with E-state index in [9.17, 15) is 14.7 Å². The maximum Gasteiger partial charge on any atom is 0.326 e. The number of carbonyl (C=O) groups excluding carboxylic acids is 1. The van der Waals surface area contributed by atoms with Gasteiger partial charge in [-0.15, -0.1) is 0 Å². The van der Waals surface area contributed by atoms with E-state index in [0.717, 1.165) is 42.5 Å². The van der Waals surface area contributed by atoms with Gasteiger partial charge in [0.05, 0.1) is 11.0 Å². The van der Waals surface area contributed by atoms with Crippen molar-refractivity contribution in [3.8, 4) is 0 Å². The molecule has 1 saturated carbocycles. The van der Waals surface area contributed by atoms with Crippen molar-refractivity contribution in [2.45, 2.75) is 57.0 Å². The minimum Gasteiger partial charge on any atom is -0.480 e. The van der Waals surface area contributed by atoms with Crippen molar-refractivity contribution >= 4 is 22.9 Å². The molecule has 6 nitrogen and oxygen atoms in total. The van der Waals surface area contributed by atoms with E-state index in [1.807, 2.05) is 24.3 Å². The van der Waals surface area contributed by atoms with Crippen LogP contribution in [0.15, 0.2) is 24.3 Å². The molecule has 0 radical (unpaired) electrons. The fourth-order valence-corrected chi connectivity index (χ4v) is 4.52. The number of aliphatic carboxylic acids is 1. The van der Waals surface area contributed by atoms with Gasteiger partial charge in [0.15, 0.2) is 0 Å². The number of amides is 1. The highest BCUT2D eigenvalue weighted by Crippen LogP contribution is 2.40. The summed E-state index contributed by atoms with van der Waals surface area (Å²) in [6.45, 7) is 0. The van der Waals surface area contributed by atoms with Crippen LogP contribution in [-0.4, -0.2) is 43.9 Å². The summed E-state index contributed by atoms with van der Waals surface area (Å²) in [5, 5.41) is 9.55. The first-order valence-electron chi connectivity index (χ1n) is 9.11. The topological polar surface area (TPSA) is 86.3 Å². The van der Waals surface area contributed by atoms with Crippen LogP contribution < -0.4 is 0 Å². The van der Waals surface area contributed by atoms with E-state index in [-0.39, 0.29) is 11.9 Å². The molecule has 2 heterocycles. The first kappa shape index (κ1) is 16.1. The first-order valence-corrected chi connectivity index (χ1v) is 9.11. The van der Waals surface area contributed by atoms with Gasteiger partial charge in [0.2, 0.25) is 5.91 Å². The number of likely N-dealkylation sites (tertiary alicyclic amines) is 1. The van der Waals surface area contributed by atoms with Gasteiger partial charge in [-0.25, -0.2) is 9.78 Å².